The van der Waals surface area contributed by atoms with E-state index in [1.54, 1.807) is 11.8 Å². The molecular weight excluding hydrogens is 371 g/mol. The quantitative estimate of drug-likeness (QED) is 0.538. The predicted octanol–water partition coefficient (Wildman–Crippen LogP) is 4.22. The number of fused-ring (bicyclic) bond motifs is 2. The summed E-state index contributed by atoms with van der Waals surface area (Å²) in [4.78, 5) is 12.7. The molecule has 1 heterocycles. The molecule has 0 radical (unpaired) electrons. The van der Waals surface area contributed by atoms with E-state index in [0.717, 1.165) is 4.90 Å². The molecule has 3 rings (SSSR count). The highest BCUT2D eigenvalue weighted by Gasteiger charge is 2.22. The number of carbonyl (C=O) groups excluding carboxylic acids is 1. The molecule has 4 heteroatoms. The van der Waals surface area contributed by atoms with Crippen molar-refractivity contribution in [3.63, 3.8) is 0 Å². The molecule has 1 aromatic carbocycles. The smallest absolute Gasteiger partial charge is 0.337 e. The van der Waals surface area contributed by atoms with Gasteiger partial charge in [0.15, 0.2) is 0 Å². The number of rotatable bonds is 1. The van der Waals surface area contributed by atoms with Crippen molar-refractivity contribution < 1.29 is 9.53 Å². The van der Waals surface area contributed by atoms with E-state index in [1.165, 1.54) is 21.8 Å². The lowest BCUT2D eigenvalue weighted by atomic mass is 10.0. The molecule has 1 aliphatic heterocycles. The van der Waals surface area contributed by atoms with Crippen LogP contribution in [0.3, 0.4) is 0 Å². The van der Waals surface area contributed by atoms with Crippen LogP contribution < -0.4 is 0 Å². The molecule has 0 fully saturated rings. The highest BCUT2D eigenvalue weighted by Crippen LogP contribution is 2.41. The summed E-state index contributed by atoms with van der Waals surface area (Å²) < 4.78 is 6.01. The van der Waals surface area contributed by atoms with E-state index in [0.29, 0.717) is 10.8 Å². The predicted molar refractivity (Wildman–Crippen MR) is 86.6 cm³/mol. The second-order valence-corrected chi connectivity index (χ2v) is 6.74. The Labute approximate surface area is 129 Å². The van der Waals surface area contributed by atoms with Gasteiger partial charge >= 0.3 is 5.97 Å². The average molecular weight is 382 g/mol. The van der Waals surface area contributed by atoms with Crippen LogP contribution in [0.1, 0.15) is 15.9 Å². The van der Waals surface area contributed by atoms with Crippen molar-refractivity contribution in [3.8, 4) is 0 Å². The van der Waals surface area contributed by atoms with Gasteiger partial charge in [0, 0.05) is 8.48 Å². The van der Waals surface area contributed by atoms with E-state index in [4.69, 9.17) is 4.74 Å². The van der Waals surface area contributed by atoms with Crippen LogP contribution in [-0.4, -0.2) is 18.3 Å². The van der Waals surface area contributed by atoms with E-state index in [1.807, 2.05) is 18.2 Å². The number of esters is 1. The summed E-state index contributed by atoms with van der Waals surface area (Å²) in [6.07, 6.45) is 8.71. The van der Waals surface area contributed by atoms with Gasteiger partial charge in [-0.2, -0.15) is 0 Å². The van der Waals surface area contributed by atoms with Gasteiger partial charge < -0.3 is 4.74 Å². The molecule has 0 amide bonds. The minimum Gasteiger partial charge on any atom is -0.465 e. The molecule has 0 aromatic heterocycles. The molecule has 19 heavy (non-hydrogen) atoms. The van der Waals surface area contributed by atoms with Crippen LogP contribution in [-0.2, 0) is 4.74 Å². The highest BCUT2D eigenvalue weighted by atomic mass is 127. The van der Waals surface area contributed by atoms with Crippen molar-refractivity contribution in [2.24, 2.45) is 0 Å². The summed E-state index contributed by atoms with van der Waals surface area (Å²) in [5, 5.41) is 0.345. The van der Waals surface area contributed by atoms with Crippen LogP contribution in [0.15, 0.2) is 50.5 Å². The summed E-state index contributed by atoms with van der Waals surface area (Å²) in [5.41, 5.74) is 3.08. The summed E-state index contributed by atoms with van der Waals surface area (Å²) in [6, 6.07) is 5.71. The minimum absolute atomic E-state index is 0.285. The Hall–Kier alpha value is -1.01. The number of carbonyl (C=O) groups is 1. The molecule has 96 valence electrons. The lowest BCUT2D eigenvalue weighted by Crippen LogP contribution is -2.10. The Balaban J connectivity index is 2.01. The molecule has 0 N–H and O–H groups in total. The number of thioether (sulfide) groups is 1. The zero-order valence-corrected chi connectivity index (χ0v) is 13.2. The lowest BCUT2D eigenvalue weighted by molar-refractivity contribution is 0.0600. The second-order valence-electron chi connectivity index (χ2n) is 4.31. The summed E-state index contributed by atoms with van der Waals surface area (Å²) >= 11 is 4.11. The number of methoxy groups -OCH3 is 1. The monoisotopic (exact) mass is 382 g/mol. The van der Waals surface area contributed by atoms with Crippen LogP contribution in [0.4, 0.5) is 0 Å². The molecule has 0 saturated carbocycles. The first kappa shape index (κ1) is 13.0. The Morgan fingerprint density at radius 3 is 3.00 bits per heavy atom. The zero-order valence-electron chi connectivity index (χ0n) is 10.2. The van der Waals surface area contributed by atoms with Crippen molar-refractivity contribution >= 4 is 46.4 Å². The molecule has 0 spiro atoms. The highest BCUT2D eigenvalue weighted by molar-refractivity contribution is 14.1. The van der Waals surface area contributed by atoms with Crippen molar-refractivity contribution in [2.45, 2.75) is 10.1 Å². The normalized spacial score (nSPS) is 20.0. The number of hydrogen-bond donors (Lipinski definition) is 0. The molecule has 1 unspecified atom stereocenters. The van der Waals surface area contributed by atoms with Gasteiger partial charge in [0.2, 0.25) is 0 Å². The van der Waals surface area contributed by atoms with Crippen LogP contribution in [0.5, 0.6) is 0 Å². The van der Waals surface area contributed by atoms with E-state index >= 15 is 0 Å². The Morgan fingerprint density at radius 1 is 1.37 bits per heavy atom. The molecule has 0 saturated heterocycles. The fraction of sp³-hybridized carbons (Fsp3) is 0.133. The van der Waals surface area contributed by atoms with Crippen molar-refractivity contribution in [2.75, 3.05) is 7.11 Å². The lowest BCUT2D eigenvalue weighted by Gasteiger charge is -2.24. The van der Waals surface area contributed by atoms with E-state index < -0.39 is 0 Å². The average Bonchev–Trinajstić information content (AvgIpc) is 2.43. The number of ether oxygens (including phenoxy) is 1. The maximum Gasteiger partial charge on any atom is 0.337 e. The number of hydrogen-bond acceptors (Lipinski definition) is 3. The standard InChI is InChI=1S/C15H11IO2S/c1-18-15(17)11-3-2-9-6-10-4-5-12(16)8-14(10)19-13(9)7-11/h2-8,14H,1H3. The van der Waals surface area contributed by atoms with Crippen molar-refractivity contribution in [1.29, 1.82) is 0 Å². The third kappa shape index (κ3) is 2.51. The van der Waals surface area contributed by atoms with Crippen LogP contribution in [0, 0.1) is 0 Å². The second kappa shape index (κ2) is 5.17. The first-order valence-electron chi connectivity index (χ1n) is 5.83. The van der Waals surface area contributed by atoms with Gasteiger partial charge in [0.1, 0.15) is 0 Å². The molecule has 2 nitrogen and oxygen atoms in total. The fourth-order valence-corrected chi connectivity index (χ4v) is 4.13. The number of allylic oxidation sites excluding steroid dienone is 3. The van der Waals surface area contributed by atoms with E-state index in [-0.39, 0.29) is 5.97 Å². The molecule has 1 atom stereocenters. The van der Waals surface area contributed by atoms with Crippen LogP contribution >= 0.6 is 34.4 Å². The van der Waals surface area contributed by atoms with Gasteiger partial charge in [0.25, 0.3) is 0 Å². The first-order chi connectivity index (χ1) is 9.17. The summed E-state index contributed by atoms with van der Waals surface area (Å²) in [5.74, 6) is -0.285. The molecular formula is C15H11IO2S. The molecule has 2 aliphatic rings. The van der Waals surface area contributed by atoms with Gasteiger partial charge in [-0.05, 0) is 58.0 Å². The fourth-order valence-electron chi connectivity index (χ4n) is 2.12. The summed E-state index contributed by atoms with van der Waals surface area (Å²) in [7, 11) is 1.41. The van der Waals surface area contributed by atoms with Gasteiger partial charge in [-0.1, -0.05) is 18.2 Å². The zero-order chi connectivity index (χ0) is 13.4. The van der Waals surface area contributed by atoms with E-state index in [2.05, 4.69) is 46.9 Å². The van der Waals surface area contributed by atoms with Crippen molar-refractivity contribution in [3.05, 3.63) is 56.7 Å². The largest absolute Gasteiger partial charge is 0.465 e. The Bertz CT molecular complexity index is 644. The van der Waals surface area contributed by atoms with Crippen LogP contribution in [0.2, 0.25) is 0 Å². The minimum atomic E-state index is -0.285. The first-order valence-corrected chi connectivity index (χ1v) is 7.79. The SMILES string of the molecule is COC(=O)c1ccc2c(c1)SC1C=C(I)C=CC1=C2. The number of benzene rings is 1. The van der Waals surface area contributed by atoms with Gasteiger partial charge in [-0.15, -0.1) is 11.8 Å². The van der Waals surface area contributed by atoms with Gasteiger partial charge in [0.05, 0.1) is 17.9 Å². The molecule has 0 bridgehead atoms. The van der Waals surface area contributed by atoms with E-state index in [9.17, 15) is 4.79 Å². The Kier molecular flexibility index (Phi) is 3.54. The van der Waals surface area contributed by atoms with Gasteiger partial charge in [-0.3, -0.25) is 0 Å². The summed E-state index contributed by atoms with van der Waals surface area (Å²) in [6.45, 7) is 0. The van der Waals surface area contributed by atoms with Gasteiger partial charge in [-0.25, -0.2) is 4.79 Å². The van der Waals surface area contributed by atoms with Crippen molar-refractivity contribution in [1.82, 2.24) is 0 Å². The maximum atomic E-state index is 11.6. The topological polar surface area (TPSA) is 26.3 Å². The third-order valence-electron chi connectivity index (χ3n) is 3.08. The third-order valence-corrected chi connectivity index (χ3v) is 5.07. The van der Waals surface area contributed by atoms with Crippen LogP contribution in [0.25, 0.3) is 6.08 Å². The molecule has 1 aromatic rings. The molecule has 1 aliphatic carbocycles. The maximum absolute atomic E-state index is 11.6. The number of halogens is 1. The Morgan fingerprint density at radius 2 is 2.21 bits per heavy atom.